The summed E-state index contributed by atoms with van der Waals surface area (Å²) in [7, 11) is 0. The Hall–Kier alpha value is -2.04. The van der Waals surface area contributed by atoms with Crippen LogP contribution in [0.4, 0.5) is 0 Å². The van der Waals surface area contributed by atoms with Crippen molar-refractivity contribution in [3.8, 4) is 5.75 Å². The number of carbonyl (C=O) groups excluding carboxylic acids is 1. The zero-order valence-electron chi connectivity index (χ0n) is 13.0. The van der Waals surface area contributed by atoms with Crippen LogP contribution in [0.25, 0.3) is 0 Å². The first kappa shape index (κ1) is 17.3. The van der Waals surface area contributed by atoms with Crippen LogP contribution in [-0.4, -0.2) is 23.7 Å². The monoisotopic (exact) mass is 333 g/mol. The van der Waals surface area contributed by atoms with Crippen molar-refractivity contribution in [1.29, 1.82) is 0 Å². The number of halogens is 1. The third-order valence-electron chi connectivity index (χ3n) is 3.30. The quantitative estimate of drug-likeness (QED) is 0.819. The Morgan fingerprint density at radius 1 is 1.26 bits per heavy atom. The molecule has 0 aliphatic heterocycles. The van der Waals surface area contributed by atoms with Crippen LogP contribution in [-0.2, 0) is 17.8 Å². The number of aliphatic hydroxyl groups is 1. The molecule has 2 N–H and O–H groups in total. The Morgan fingerprint density at radius 2 is 2.04 bits per heavy atom. The summed E-state index contributed by atoms with van der Waals surface area (Å²) in [6, 6.07) is 14.7. The van der Waals surface area contributed by atoms with E-state index in [1.807, 2.05) is 48.5 Å². The predicted molar refractivity (Wildman–Crippen MR) is 90.6 cm³/mol. The zero-order chi connectivity index (χ0) is 16.7. The molecule has 0 saturated carbocycles. The standard InChI is InChI=1S/C18H20ClNO3/c1-13(11-21)20-18(22)10-14-5-4-7-16(9-14)23-12-15-6-2-3-8-17(15)19/h2-9,13,21H,10-12H2,1H3,(H,20,22). The van der Waals surface area contributed by atoms with Crippen molar-refractivity contribution in [2.75, 3.05) is 6.61 Å². The van der Waals surface area contributed by atoms with E-state index in [9.17, 15) is 4.79 Å². The molecule has 2 aromatic rings. The van der Waals surface area contributed by atoms with Crippen LogP contribution in [0, 0.1) is 0 Å². The minimum atomic E-state index is -0.248. The third-order valence-corrected chi connectivity index (χ3v) is 3.67. The average Bonchev–Trinajstić information content (AvgIpc) is 2.54. The van der Waals surface area contributed by atoms with Crippen LogP contribution in [0.3, 0.4) is 0 Å². The molecule has 23 heavy (non-hydrogen) atoms. The molecule has 0 fully saturated rings. The van der Waals surface area contributed by atoms with Gasteiger partial charge in [0.05, 0.1) is 13.0 Å². The summed E-state index contributed by atoms with van der Waals surface area (Å²) in [6.07, 6.45) is 0.244. The van der Waals surface area contributed by atoms with Gasteiger partial charge in [0.25, 0.3) is 0 Å². The molecule has 122 valence electrons. The Kier molecular flexibility index (Phi) is 6.44. The topological polar surface area (TPSA) is 58.6 Å². The lowest BCUT2D eigenvalue weighted by atomic mass is 10.1. The summed E-state index contributed by atoms with van der Waals surface area (Å²) >= 11 is 6.10. The molecular weight excluding hydrogens is 314 g/mol. The van der Waals surface area contributed by atoms with Gasteiger partial charge in [-0.2, -0.15) is 0 Å². The van der Waals surface area contributed by atoms with Crippen LogP contribution < -0.4 is 10.1 Å². The van der Waals surface area contributed by atoms with E-state index in [2.05, 4.69) is 5.32 Å². The molecule has 1 amide bonds. The molecule has 0 saturated heterocycles. The Bertz CT molecular complexity index is 660. The number of hydrogen-bond acceptors (Lipinski definition) is 3. The second kappa shape index (κ2) is 8.56. The minimum absolute atomic E-state index is 0.0767. The SMILES string of the molecule is CC(CO)NC(=O)Cc1cccc(OCc2ccccc2Cl)c1. The van der Waals surface area contributed by atoms with Gasteiger partial charge in [0, 0.05) is 16.6 Å². The van der Waals surface area contributed by atoms with Crippen molar-refractivity contribution in [3.05, 3.63) is 64.7 Å². The van der Waals surface area contributed by atoms with Crippen LogP contribution in [0.2, 0.25) is 5.02 Å². The van der Waals surface area contributed by atoms with E-state index in [4.69, 9.17) is 21.4 Å². The van der Waals surface area contributed by atoms with E-state index in [1.54, 1.807) is 6.92 Å². The van der Waals surface area contributed by atoms with Crippen LogP contribution in [0.1, 0.15) is 18.1 Å². The molecular formula is C18H20ClNO3. The van der Waals surface area contributed by atoms with Gasteiger partial charge in [0.1, 0.15) is 12.4 Å². The van der Waals surface area contributed by atoms with Gasteiger partial charge in [-0.15, -0.1) is 0 Å². The smallest absolute Gasteiger partial charge is 0.224 e. The zero-order valence-corrected chi connectivity index (χ0v) is 13.7. The number of amides is 1. The fourth-order valence-electron chi connectivity index (χ4n) is 2.08. The predicted octanol–water partition coefficient (Wildman–Crippen LogP) is 2.96. The summed E-state index contributed by atoms with van der Waals surface area (Å²) in [5.41, 5.74) is 1.76. The van der Waals surface area contributed by atoms with Gasteiger partial charge < -0.3 is 15.2 Å². The molecule has 0 heterocycles. The lowest BCUT2D eigenvalue weighted by molar-refractivity contribution is -0.121. The highest BCUT2D eigenvalue weighted by atomic mass is 35.5. The first-order chi connectivity index (χ1) is 11.1. The van der Waals surface area contributed by atoms with Gasteiger partial charge in [-0.1, -0.05) is 41.9 Å². The number of hydrogen-bond donors (Lipinski definition) is 2. The van der Waals surface area contributed by atoms with E-state index < -0.39 is 0 Å². The highest BCUT2D eigenvalue weighted by Crippen LogP contribution is 2.19. The number of aliphatic hydroxyl groups excluding tert-OH is 1. The maximum absolute atomic E-state index is 11.8. The number of nitrogens with one attached hydrogen (secondary N) is 1. The van der Waals surface area contributed by atoms with Crippen LogP contribution in [0.15, 0.2) is 48.5 Å². The summed E-state index contributed by atoms with van der Waals surface area (Å²) in [5, 5.41) is 12.3. The first-order valence-corrected chi connectivity index (χ1v) is 7.81. The summed E-state index contributed by atoms with van der Waals surface area (Å²) in [6.45, 7) is 2.05. The van der Waals surface area contributed by atoms with Crippen molar-refractivity contribution in [1.82, 2.24) is 5.32 Å². The number of ether oxygens (including phenoxy) is 1. The highest BCUT2D eigenvalue weighted by Gasteiger charge is 2.08. The third kappa shape index (κ3) is 5.58. The molecule has 0 aromatic heterocycles. The molecule has 0 aliphatic carbocycles. The Balaban J connectivity index is 1.94. The summed E-state index contributed by atoms with van der Waals surface area (Å²) in [4.78, 5) is 11.8. The van der Waals surface area contributed by atoms with E-state index in [0.29, 0.717) is 17.4 Å². The number of rotatable bonds is 7. The molecule has 1 unspecified atom stereocenters. The average molecular weight is 334 g/mol. The molecule has 0 bridgehead atoms. The molecule has 1 atom stereocenters. The molecule has 0 radical (unpaired) electrons. The van der Waals surface area contributed by atoms with Crippen molar-refractivity contribution >= 4 is 17.5 Å². The molecule has 2 rings (SSSR count). The number of benzene rings is 2. The van der Waals surface area contributed by atoms with Gasteiger partial charge in [0.2, 0.25) is 5.91 Å². The van der Waals surface area contributed by atoms with E-state index in [-0.39, 0.29) is 25.0 Å². The molecule has 0 spiro atoms. The van der Waals surface area contributed by atoms with Gasteiger partial charge >= 0.3 is 0 Å². The van der Waals surface area contributed by atoms with E-state index in [0.717, 1.165) is 11.1 Å². The minimum Gasteiger partial charge on any atom is -0.489 e. The van der Waals surface area contributed by atoms with Gasteiger partial charge in [-0.05, 0) is 30.7 Å². The highest BCUT2D eigenvalue weighted by molar-refractivity contribution is 6.31. The van der Waals surface area contributed by atoms with Crippen LogP contribution in [0.5, 0.6) is 5.75 Å². The van der Waals surface area contributed by atoms with Crippen LogP contribution >= 0.6 is 11.6 Å². The normalized spacial score (nSPS) is 11.8. The molecule has 5 heteroatoms. The van der Waals surface area contributed by atoms with Crippen molar-refractivity contribution in [2.24, 2.45) is 0 Å². The van der Waals surface area contributed by atoms with Crippen molar-refractivity contribution < 1.29 is 14.6 Å². The lowest BCUT2D eigenvalue weighted by Gasteiger charge is -2.12. The maximum Gasteiger partial charge on any atom is 0.224 e. The van der Waals surface area contributed by atoms with Crippen molar-refractivity contribution in [2.45, 2.75) is 26.0 Å². The number of carbonyl (C=O) groups is 1. The van der Waals surface area contributed by atoms with Crippen molar-refractivity contribution in [3.63, 3.8) is 0 Å². The van der Waals surface area contributed by atoms with E-state index in [1.165, 1.54) is 0 Å². The van der Waals surface area contributed by atoms with Gasteiger partial charge in [-0.25, -0.2) is 0 Å². The van der Waals surface area contributed by atoms with Gasteiger partial charge in [-0.3, -0.25) is 4.79 Å². The summed E-state index contributed by atoms with van der Waals surface area (Å²) < 4.78 is 5.74. The molecule has 2 aromatic carbocycles. The second-order valence-electron chi connectivity index (χ2n) is 5.36. The first-order valence-electron chi connectivity index (χ1n) is 7.44. The second-order valence-corrected chi connectivity index (χ2v) is 5.76. The Labute approximate surface area is 141 Å². The Morgan fingerprint density at radius 3 is 2.78 bits per heavy atom. The fourth-order valence-corrected chi connectivity index (χ4v) is 2.27. The summed E-state index contributed by atoms with van der Waals surface area (Å²) in [5.74, 6) is 0.556. The fraction of sp³-hybridized carbons (Fsp3) is 0.278. The largest absolute Gasteiger partial charge is 0.489 e. The van der Waals surface area contributed by atoms with E-state index >= 15 is 0 Å². The van der Waals surface area contributed by atoms with Gasteiger partial charge in [0.15, 0.2) is 0 Å². The molecule has 4 nitrogen and oxygen atoms in total. The lowest BCUT2D eigenvalue weighted by Crippen LogP contribution is -2.35. The maximum atomic E-state index is 11.8. The molecule has 0 aliphatic rings.